The summed E-state index contributed by atoms with van der Waals surface area (Å²) in [6.45, 7) is 9.87. The van der Waals surface area contributed by atoms with Crippen LogP contribution in [0.5, 0.6) is 0 Å². The van der Waals surface area contributed by atoms with Gasteiger partial charge in [-0.15, -0.1) is 0 Å². The maximum absolute atomic E-state index is 14.5. The first-order valence-corrected chi connectivity index (χ1v) is 27.9. The van der Waals surface area contributed by atoms with Gasteiger partial charge in [0, 0.05) is 26.1 Å². The molecule has 0 bridgehead atoms. The molecule has 446 valence electrons. The maximum atomic E-state index is 14.5. The van der Waals surface area contributed by atoms with Crippen LogP contribution in [0.25, 0.3) is 0 Å². The molecule has 10 amide bonds. The third kappa shape index (κ3) is 21.5. The lowest BCUT2D eigenvalue weighted by molar-refractivity contribution is -0.143. The number of hydrogen-bond acceptors (Lipinski definition) is 15. The predicted octanol–water partition coefficient (Wildman–Crippen LogP) is -3.68. The van der Waals surface area contributed by atoms with Gasteiger partial charge in [0.05, 0.1) is 6.04 Å². The zero-order valence-corrected chi connectivity index (χ0v) is 46.6. The quantitative estimate of drug-likeness (QED) is 0.0168. The molecule has 3 heterocycles. The molecule has 0 saturated carbocycles. The topological polar surface area (TPSA) is 451 Å². The first-order valence-electron chi connectivity index (χ1n) is 27.9. The van der Waals surface area contributed by atoms with E-state index >= 15 is 0 Å². The number of nitrogens with two attached hydrogens (primary N) is 4. The number of carbonyl (C=O) groups excluding carboxylic acids is 10. The number of hydrogen-bond donors (Lipinski definition) is 15. The summed E-state index contributed by atoms with van der Waals surface area (Å²) >= 11 is 0. The van der Waals surface area contributed by atoms with Crippen molar-refractivity contribution in [3.05, 3.63) is 0 Å². The van der Waals surface area contributed by atoms with Gasteiger partial charge in [-0.3, -0.25) is 53.4 Å². The van der Waals surface area contributed by atoms with Crippen LogP contribution >= 0.6 is 0 Å². The molecule has 28 nitrogen and oxygen atoms in total. The number of carboxylic acids is 1. The van der Waals surface area contributed by atoms with Crippen LogP contribution in [0.3, 0.4) is 0 Å². The van der Waals surface area contributed by atoms with Crippen LogP contribution in [-0.2, 0) is 52.7 Å². The van der Waals surface area contributed by atoms with Gasteiger partial charge in [0.1, 0.15) is 54.4 Å². The Morgan fingerprint density at radius 1 is 0.557 bits per heavy atom. The Morgan fingerprint density at radius 3 is 1.56 bits per heavy atom. The summed E-state index contributed by atoms with van der Waals surface area (Å²) in [6.07, 6.45) is 4.29. The largest absolute Gasteiger partial charge is 0.480 e. The van der Waals surface area contributed by atoms with Crippen LogP contribution in [0.1, 0.15) is 137 Å². The van der Waals surface area contributed by atoms with Gasteiger partial charge in [-0.2, -0.15) is 0 Å². The van der Waals surface area contributed by atoms with Crippen molar-refractivity contribution in [3.63, 3.8) is 0 Å². The second kappa shape index (κ2) is 33.7. The Bertz CT molecular complexity index is 2130. The second-order valence-corrected chi connectivity index (χ2v) is 21.4. The number of carbonyl (C=O) groups is 11. The molecule has 0 aliphatic carbocycles. The van der Waals surface area contributed by atoms with E-state index in [0.717, 1.165) is 6.42 Å². The number of unbranched alkanes of at least 4 members (excludes halogenated alkanes) is 2. The number of aliphatic carboxylic acids is 1. The van der Waals surface area contributed by atoms with Crippen LogP contribution in [0, 0.1) is 17.2 Å². The predicted molar refractivity (Wildman–Crippen MR) is 290 cm³/mol. The highest BCUT2D eigenvalue weighted by atomic mass is 16.4. The van der Waals surface area contributed by atoms with Crippen LogP contribution in [0.2, 0.25) is 0 Å². The zero-order chi connectivity index (χ0) is 58.9. The molecule has 0 aromatic heterocycles. The van der Waals surface area contributed by atoms with Crippen molar-refractivity contribution in [2.75, 3.05) is 39.3 Å². The van der Waals surface area contributed by atoms with Crippen LogP contribution in [0.15, 0.2) is 0 Å². The molecule has 28 heteroatoms. The lowest BCUT2D eigenvalue weighted by atomic mass is 10.0. The minimum Gasteiger partial charge on any atom is -0.480 e. The fourth-order valence-corrected chi connectivity index (χ4v) is 9.78. The molecule has 3 saturated heterocycles. The molecule has 3 aliphatic heterocycles. The van der Waals surface area contributed by atoms with Gasteiger partial charge in [-0.05, 0) is 135 Å². The van der Waals surface area contributed by atoms with Crippen LogP contribution in [-0.4, -0.2) is 186 Å². The van der Waals surface area contributed by atoms with Crippen molar-refractivity contribution in [2.45, 2.75) is 198 Å². The monoisotopic (exact) mass is 1120 g/mol. The molecule has 0 unspecified atom stereocenters. The van der Waals surface area contributed by atoms with Crippen molar-refractivity contribution in [1.29, 1.82) is 5.41 Å². The molecule has 0 spiro atoms. The molecule has 10 atom stereocenters. The van der Waals surface area contributed by atoms with Gasteiger partial charge in [0.15, 0.2) is 5.96 Å². The third-order valence-electron chi connectivity index (χ3n) is 14.3. The molecular formula is C51H90N16O12. The number of amides is 10. The second-order valence-electron chi connectivity index (χ2n) is 21.4. The average Bonchev–Trinajstić information content (AvgIpc) is 4.22. The van der Waals surface area contributed by atoms with Crippen molar-refractivity contribution < 1.29 is 57.8 Å². The third-order valence-corrected chi connectivity index (χ3v) is 14.3. The van der Waals surface area contributed by atoms with Crippen molar-refractivity contribution >= 4 is 71.0 Å². The maximum Gasteiger partial charge on any atom is 0.326 e. The number of primary amides is 1. The number of nitrogens with zero attached hydrogens (tertiary/aromatic N) is 2. The SMILES string of the molecule is CC(C)[C@H](NC(=O)[C@H](CCCCN)NC(=O)[C@H](CCCNC(=N)N)NC(=O)[C@@H]1CCCN1C(=O)[C@H](CCCCN)NC(=O)[C@H](C)NC(=O)[C@H](CCC(N)=O)NC(=O)[C@@H]1CCCN1C(=O)[C@@H](NC(=O)[C@@H]1CCCN1)C(C)C)C(=O)O. The Kier molecular flexibility index (Phi) is 28.4. The fraction of sp³-hybridized carbons (Fsp3) is 0.765. The van der Waals surface area contributed by atoms with E-state index in [1.165, 1.54) is 16.7 Å². The van der Waals surface area contributed by atoms with E-state index in [2.05, 4.69) is 47.9 Å². The number of likely N-dealkylation sites (tertiary alicyclic amines) is 2. The van der Waals surface area contributed by atoms with Gasteiger partial charge >= 0.3 is 5.97 Å². The Balaban J connectivity index is 1.79. The molecule has 19 N–H and O–H groups in total. The van der Waals surface area contributed by atoms with Gasteiger partial charge in [-0.25, -0.2) is 4.79 Å². The average molecular weight is 1120 g/mol. The smallest absolute Gasteiger partial charge is 0.326 e. The Hall–Kier alpha value is -6.68. The number of rotatable bonds is 34. The lowest BCUT2D eigenvalue weighted by Crippen LogP contribution is -2.60. The van der Waals surface area contributed by atoms with Gasteiger partial charge in [0.25, 0.3) is 0 Å². The highest BCUT2D eigenvalue weighted by Crippen LogP contribution is 2.23. The number of nitrogens with one attached hydrogen (secondary N) is 10. The highest BCUT2D eigenvalue weighted by molar-refractivity contribution is 5.99. The molecule has 3 fully saturated rings. The van der Waals surface area contributed by atoms with Gasteiger partial charge in [-0.1, -0.05) is 27.7 Å². The summed E-state index contributed by atoms with van der Waals surface area (Å²) in [4.78, 5) is 152. The Labute approximate surface area is 462 Å². The molecule has 3 rings (SSSR count). The van der Waals surface area contributed by atoms with E-state index in [0.29, 0.717) is 58.0 Å². The van der Waals surface area contributed by atoms with Crippen molar-refractivity contribution in [2.24, 2.45) is 34.8 Å². The van der Waals surface area contributed by atoms with Crippen LogP contribution in [0.4, 0.5) is 0 Å². The lowest BCUT2D eigenvalue weighted by Gasteiger charge is -2.32. The summed E-state index contributed by atoms with van der Waals surface area (Å²) in [6, 6.07) is -11.1. The molecular weight excluding hydrogens is 1030 g/mol. The summed E-state index contributed by atoms with van der Waals surface area (Å²) in [5, 5.41) is 41.7. The Morgan fingerprint density at radius 2 is 1.05 bits per heavy atom. The number of carboxylic acid groups (broad SMARTS) is 1. The molecule has 0 aromatic carbocycles. The van der Waals surface area contributed by atoms with Gasteiger partial charge in [0.2, 0.25) is 59.1 Å². The minimum atomic E-state index is -1.39. The van der Waals surface area contributed by atoms with Crippen molar-refractivity contribution in [3.8, 4) is 0 Å². The minimum absolute atomic E-state index is 0.00920. The normalized spacial score (nSPS) is 19.7. The van der Waals surface area contributed by atoms with Gasteiger partial charge < -0.3 is 85.7 Å². The van der Waals surface area contributed by atoms with Crippen molar-refractivity contribution in [1.82, 2.24) is 57.7 Å². The molecule has 0 radical (unpaired) electrons. The van der Waals surface area contributed by atoms with Crippen LogP contribution < -0.4 is 70.8 Å². The van der Waals surface area contributed by atoms with E-state index in [-0.39, 0.29) is 95.3 Å². The molecule has 79 heavy (non-hydrogen) atoms. The van der Waals surface area contributed by atoms with E-state index in [1.54, 1.807) is 27.7 Å². The van der Waals surface area contributed by atoms with E-state index in [4.69, 9.17) is 28.3 Å². The number of guanidine groups is 1. The fourth-order valence-electron chi connectivity index (χ4n) is 9.78. The summed E-state index contributed by atoms with van der Waals surface area (Å²) in [5.74, 6) is -9.10. The van der Waals surface area contributed by atoms with E-state index in [1.807, 2.05) is 0 Å². The summed E-state index contributed by atoms with van der Waals surface area (Å²) in [7, 11) is 0. The molecule has 3 aliphatic rings. The standard InChI is InChI=1S/C51H90N16O12/c1-28(2)39(64-42(70)31-16-10-24-57-31)49(77)67-27-13-19-37(67)47(75)62-34(20-21-38(54)68)43(71)59-30(5)41(69)63-35(15-7-9-23-53)48(76)66-26-12-18-36(66)46(74)61-33(17-11-25-58-51(55)56)44(72)60-32(14-6-8-22-52)45(73)65-40(29(3)4)50(78)79/h28-37,39-40,57H,6-27,52-53H2,1-5H3,(H2,54,68)(H,59,71)(H,60,72)(H,61,74)(H,62,75)(H,63,69)(H,64,70)(H,65,73)(H,78,79)(H4,55,56,58)/t30-,31-,32-,33-,34-,35-,36-,37-,39-,40-/m0/s1. The highest BCUT2D eigenvalue weighted by Gasteiger charge is 2.42. The first-order chi connectivity index (χ1) is 37.4. The summed E-state index contributed by atoms with van der Waals surface area (Å²) < 4.78 is 0. The zero-order valence-electron chi connectivity index (χ0n) is 46.6. The summed E-state index contributed by atoms with van der Waals surface area (Å²) in [5.41, 5.74) is 22.4. The van der Waals surface area contributed by atoms with E-state index < -0.39 is 125 Å². The van der Waals surface area contributed by atoms with E-state index in [9.17, 15) is 57.8 Å². The first kappa shape index (κ1) is 66.6. The molecule has 0 aromatic rings.